The van der Waals surface area contributed by atoms with Gasteiger partial charge in [0, 0.05) is 22.3 Å². The van der Waals surface area contributed by atoms with Gasteiger partial charge in [0.25, 0.3) is 0 Å². The van der Waals surface area contributed by atoms with Crippen molar-refractivity contribution in [2.24, 2.45) is 0 Å². The number of rotatable bonds is 2. The lowest BCUT2D eigenvalue weighted by molar-refractivity contribution is 1.07. The Hall–Kier alpha value is -1.73. The third kappa shape index (κ3) is 2.15. The van der Waals surface area contributed by atoms with E-state index < -0.39 is 0 Å². The molecule has 0 fully saturated rings. The number of hydrogen-bond donors (Lipinski definition) is 0. The van der Waals surface area contributed by atoms with Gasteiger partial charge >= 0.3 is 0 Å². The average Bonchev–Trinajstić information content (AvgIpc) is 2.81. The molecule has 1 nitrogen and oxygen atoms in total. The van der Waals surface area contributed by atoms with Crippen LogP contribution in [0.15, 0.2) is 48.7 Å². The first-order valence-electron chi connectivity index (χ1n) is 6.55. The van der Waals surface area contributed by atoms with E-state index in [-0.39, 0.29) is 0 Å². The van der Waals surface area contributed by atoms with Gasteiger partial charge in [-0.05, 0) is 60.9 Å². The first-order chi connectivity index (χ1) is 9.19. The summed E-state index contributed by atoms with van der Waals surface area (Å²) in [6, 6.07) is 14.7. The molecule has 19 heavy (non-hydrogen) atoms. The van der Waals surface area contributed by atoms with Crippen LogP contribution < -0.4 is 0 Å². The molecule has 0 aliphatic carbocycles. The molecule has 0 spiro atoms. The van der Waals surface area contributed by atoms with Gasteiger partial charge in [0.15, 0.2) is 0 Å². The molecule has 0 radical (unpaired) electrons. The van der Waals surface area contributed by atoms with Crippen molar-refractivity contribution in [3.63, 3.8) is 0 Å². The van der Waals surface area contributed by atoms with Crippen LogP contribution in [-0.2, 0) is 6.42 Å². The van der Waals surface area contributed by atoms with Crippen LogP contribution in [0.25, 0.3) is 16.6 Å². The molecule has 96 valence electrons. The number of aromatic nitrogens is 1. The van der Waals surface area contributed by atoms with Crippen LogP contribution in [0, 0.1) is 6.92 Å². The predicted molar refractivity (Wildman–Crippen MR) is 82.4 cm³/mol. The van der Waals surface area contributed by atoms with Gasteiger partial charge in [-0.15, -0.1) is 0 Å². The number of nitrogens with zero attached hydrogens (tertiary/aromatic N) is 1. The second-order valence-electron chi connectivity index (χ2n) is 4.85. The van der Waals surface area contributed by atoms with Crippen LogP contribution in [-0.4, -0.2) is 4.57 Å². The standard InChI is InChI=1S/C17H16ClN/c1-3-13-4-6-16(10-12(13)2)19-9-8-14-11-15(18)5-7-17(14)19/h4-11H,3H2,1-2H3. The van der Waals surface area contributed by atoms with E-state index in [1.165, 1.54) is 27.7 Å². The summed E-state index contributed by atoms with van der Waals surface area (Å²) in [6.07, 6.45) is 3.18. The van der Waals surface area contributed by atoms with E-state index in [4.69, 9.17) is 11.6 Å². The van der Waals surface area contributed by atoms with Gasteiger partial charge in [-0.2, -0.15) is 0 Å². The van der Waals surface area contributed by atoms with Crippen molar-refractivity contribution >= 4 is 22.5 Å². The number of benzene rings is 2. The Balaban J connectivity index is 2.16. The quantitative estimate of drug-likeness (QED) is 0.606. The zero-order valence-corrected chi connectivity index (χ0v) is 11.9. The minimum atomic E-state index is 0.780. The molecule has 3 aromatic rings. The molecule has 0 saturated heterocycles. The molecule has 2 heteroatoms. The summed E-state index contributed by atoms with van der Waals surface area (Å²) in [5, 5.41) is 1.95. The summed E-state index contributed by atoms with van der Waals surface area (Å²) in [5.74, 6) is 0. The largest absolute Gasteiger partial charge is 0.317 e. The SMILES string of the molecule is CCc1ccc(-n2ccc3cc(Cl)ccc32)cc1C. The van der Waals surface area contributed by atoms with E-state index in [0.29, 0.717) is 0 Å². The van der Waals surface area contributed by atoms with E-state index in [0.717, 1.165) is 11.4 Å². The van der Waals surface area contributed by atoms with Crippen molar-refractivity contribution in [2.45, 2.75) is 20.3 Å². The van der Waals surface area contributed by atoms with Gasteiger partial charge in [0.05, 0.1) is 5.52 Å². The van der Waals surface area contributed by atoms with Crippen LogP contribution in [0.1, 0.15) is 18.1 Å². The van der Waals surface area contributed by atoms with Crippen LogP contribution in [0.2, 0.25) is 5.02 Å². The summed E-state index contributed by atoms with van der Waals surface area (Å²) in [7, 11) is 0. The normalized spacial score (nSPS) is 11.1. The predicted octanol–water partition coefficient (Wildman–Crippen LogP) is 5.15. The molecule has 0 aliphatic heterocycles. The van der Waals surface area contributed by atoms with Crippen LogP contribution in [0.4, 0.5) is 0 Å². The molecule has 2 aromatic carbocycles. The van der Waals surface area contributed by atoms with E-state index >= 15 is 0 Å². The van der Waals surface area contributed by atoms with Crippen LogP contribution >= 0.6 is 11.6 Å². The molecule has 1 heterocycles. The van der Waals surface area contributed by atoms with Gasteiger partial charge in [-0.1, -0.05) is 24.6 Å². The summed E-state index contributed by atoms with van der Waals surface area (Å²) in [6.45, 7) is 4.36. The fourth-order valence-corrected chi connectivity index (χ4v) is 2.75. The van der Waals surface area contributed by atoms with Crippen molar-refractivity contribution < 1.29 is 0 Å². The summed E-state index contributed by atoms with van der Waals surface area (Å²) < 4.78 is 2.21. The first-order valence-corrected chi connectivity index (χ1v) is 6.93. The van der Waals surface area contributed by atoms with E-state index in [2.05, 4.69) is 54.9 Å². The van der Waals surface area contributed by atoms with Crippen LogP contribution in [0.3, 0.4) is 0 Å². The maximum Gasteiger partial charge on any atom is 0.0529 e. The van der Waals surface area contributed by atoms with Crippen molar-refractivity contribution in [3.05, 3.63) is 64.8 Å². The number of fused-ring (bicyclic) bond motifs is 1. The van der Waals surface area contributed by atoms with Gasteiger partial charge in [-0.3, -0.25) is 0 Å². The molecule has 3 rings (SSSR count). The highest BCUT2D eigenvalue weighted by molar-refractivity contribution is 6.31. The summed E-state index contributed by atoms with van der Waals surface area (Å²) in [4.78, 5) is 0. The lowest BCUT2D eigenvalue weighted by Gasteiger charge is -2.09. The minimum absolute atomic E-state index is 0.780. The highest BCUT2D eigenvalue weighted by Crippen LogP contribution is 2.24. The van der Waals surface area contributed by atoms with Crippen LogP contribution in [0.5, 0.6) is 0 Å². The van der Waals surface area contributed by atoms with E-state index in [1.54, 1.807) is 0 Å². The summed E-state index contributed by atoms with van der Waals surface area (Å²) >= 11 is 6.03. The molecule has 0 N–H and O–H groups in total. The van der Waals surface area contributed by atoms with Crippen molar-refractivity contribution in [3.8, 4) is 5.69 Å². The van der Waals surface area contributed by atoms with Gasteiger partial charge < -0.3 is 4.57 Å². The molecule has 0 aliphatic rings. The molecule has 0 unspecified atom stereocenters. The molecule has 1 aromatic heterocycles. The third-order valence-corrected chi connectivity index (χ3v) is 3.87. The monoisotopic (exact) mass is 269 g/mol. The molecule has 0 atom stereocenters. The maximum atomic E-state index is 6.03. The molecular weight excluding hydrogens is 254 g/mol. The van der Waals surface area contributed by atoms with Gasteiger partial charge in [0.2, 0.25) is 0 Å². The number of aryl methyl sites for hydroxylation is 2. The van der Waals surface area contributed by atoms with Gasteiger partial charge in [-0.25, -0.2) is 0 Å². The van der Waals surface area contributed by atoms with E-state index in [1.807, 2.05) is 12.1 Å². The summed E-state index contributed by atoms with van der Waals surface area (Å²) in [5.41, 5.74) is 5.14. The van der Waals surface area contributed by atoms with Crippen molar-refractivity contribution in [1.29, 1.82) is 0 Å². The Labute approximate surface area is 118 Å². The zero-order valence-electron chi connectivity index (χ0n) is 11.2. The fraction of sp³-hybridized carbons (Fsp3) is 0.176. The first kappa shape index (κ1) is 12.3. The molecule has 0 amide bonds. The minimum Gasteiger partial charge on any atom is -0.317 e. The Morgan fingerprint density at radius 1 is 1.05 bits per heavy atom. The van der Waals surface area contributed by atoms with E-state index in [9.17, 15) is 0 Å². The Morgan fingerprint density at radius 2 is 1.89 bits per heavy atom. The highest BCUT2D eigenvalue weighted by Gasteiger charge is 2.05. The Morgan fingerprint density at radius 3 is 2.63 bits per heavy atom. The Kier molecular flexibility index (Phi) is 3.08. The lowest BCUT2D eigenvalue weighted by atomic mass is 10.1. The fourth-order valence-electron chi connectivity index (χ4n) is 2.57. The Bertz CT molecular complexity index is 740. The molecular formula is C17H16ClN. The lowest BCUT2D eigenvalue weighted by Crippen LogP contribution is -1.94. The number of halogens is 1. The average molecular weight is 270 g/mol. The maximum absolute atomic E-state index is 6.03. The zero-order chi connectivity index (χ0) is 13.4. The highest BCUT2D eigenvalue weighted by atomic mass is 35.5. The van der Waals surface area contributed by atoms with Crippen molar-refractivity contribution in [1.82, 2.24) is 4.57 Å². The second kappa shape index (κ2) is 4.75. The second-order valence-corrected chi connectivity index (χ2v) is 5.29. The number of hydrogen-bond acceptors (Lipinski definition) is 0. The third-order valence-electron chi connectivity index (χ3n) is 3.64. The molecule has 0 bridgehead atoms. The van der Waals surface area contributed by atoms with Gasteiger partial charge in [0.1, 0.15) is 0 Å². The topological polar surface area (TPSA) is 4.93 Å². The van der Waals surface area contributed by atoms with Crippen molar-refractivity contribution in [2.75, 3.05) is 0 Å². The molecule has 0 saturated carbocycles. The smallest absolute Gasteiger partial charge is 0.0529 e.